The average Bonchev–Trinajstić information content (AvgIpc) is 2.70. The lowest BCUT2D eigenvalue weighted by Crippen LogP contribution is -2.41. The Hall–Kier alpha value is -1.77. The van der Waals surface area contributed by atoms with Crippen molar-refractivity contribution in [2.24, 2.45) is 5.41 Å². The third kappa shape index (κ3) is 2.87. The van der Waals surface area contributed by atoms with Gasteiger partial charge >= 0.3 is 6.03 Å². The van der Waals surface area contributed by atoms with Crippen LogP contribution in [0.15, 0.2) is 36.0 Å². The maximum atomic E-state index is 12.4. The summed E-state index contributed by atoms with van der Waals surface area (Å²) in [6.07, 6.45) is 2.75. The molecule has 2 rings (SSSR count). The zero-order valence-corrected chi connectivity index (χ0v) is 13.0. The summed E-state index contributed by atoms with van der Waals surface area (Å²) in [6.45, 7) is 10.5. The minimum Gasteiger partial charge on any atom is -0.314 e. The second kappa shape index (κ2) is 5.31. The molecule has 0 spiro atoms. The van der Waals surface area contributed by atoms with Crippen LogP contribution in [0.5, 0.6) is 0 Å². The Balaban J connectivity index is 2.15. The van der Waals surface area contributed by atoms with Gasteiger partial charge in [0.2, 0.25) is 0 Å². The summed E-state index contributed by atoms with van der Waals surface area (Å²) in [6, 6.07) is 8.26. The van der Waals surface area contributed by atoms with Crippen LogP contribution in [0.4, 0.5) is 10.5 Å². The van der Waals surface area contributed by atoms with E-state index in [1.54, 1.807) is 0 Å². The van der Waals surface area contributed by atoms with E-state index >= 15 is 0 Å². The van der Waals surface area contributed by atoms with Crippen LogP contribution < -0.4 is 10.2 Å². The predicted octanol–water partition coefficient (Wildman–Crippen LogP) is 4.10. The highest BCUT2D eigenvalue weighted by atomic mass is 16.2. The number of rotatable bonds is 1. The zero-order valence-electron chi connectivity index (χ0n) is 13.0. The molecule has 0 saturated heterocycles. The fourth-order valence-electron chi connectivity index (χ4n) is 2.33. The van der Waals surface area contributed by atoms with Crippen LogP contribution in [0, 0.1) is 5.41 Å². The first kappa shape index (κ1) is 14.6. The van der Waals surface area contributed by atoms with Crippen molar-refractivity contribution >= 4 is 11.7 Å². The Morgan fingerprint density at radius 3 is 2.65 bits per heavy atom. The van der Waals surface area contributed by atoms with Gasteiger partial charge in [-0.3, -0.25) is 4.90 Å². The monoisotopic (exact) mass is 272 g/mol. The van der Waals surface area contributed by atoms with Crippen molar-refractivity contribution in [3.05, 3.63) is 41.6 Å². The summed E-state index contributed by atoms with van der Waals surface area (Å²) >= 11 is 0. The number of amides is 2. The van der Waals surface area contributed by atoms with Crippen molar-refractivity contribution in [2.45, 2.75) is 47.1 Å². The number of benzene rings is 1. The van der Waals surface area contributed by atoms with E-state index < -0.39 is 0 Å². The number of carbonyl (C=O) groups excluding carboxylic acids is 1. The highest BCUT2D eigenvalue weighted by Gasteiger charge is 2.30. The van der Waals surface area contributed by atoms with Gasteiger partial charge in [0.25, 0.3) is 0 Å². The molecule has 3 heteroatoms. The molecule has 1 atom stereocenters. The first-order chi connectivity index (χ1) is 9.30. The van der Waals surface area contributed by atoms with E-state index in [9.17, 15) is 4.79 Å². The van der Waals surface area contributed by atoms with Crippen molar-refractivity contribution < 1.29 is 4.79 Å². The number of anilines is 1. The van der Waals surface area contributed by atoms with Crippen molar-refractivity contribution in [3.8, 4) is 0 Å². The number of para-hydroxylation sites is 1. The number of carbonyl (C=O) groups is 1. The van der Waals surface area contributed by atoms with Gasteiger partial charge in [0.15, 0.2) is 0 Å². The maximum Gasteiger partial charge on any atom is 0.326 e. The number of nitrogens with one attached hydrogen (secondary N) is 1. The Labute approximate surface area is 121 Å². The third-order valence-electron chi connectivity index (χ3n) is 4.02. The van der Waals surface area contributed by atoms with Crippen molar-refractivity contribution in [1.29, 1.82) is 0 Å². The second-order valence-electron chi connectivity index (χ2n) is 6.58. The van der Waals surface area contributed by atoms with Crippen molar-refractivity contribution in [2.75, 3.05) is 4.90 Å². The lowest BCUT2D eigenvalue weighted by atomic mass is 9.88. The Morgan fingerprint density at radius 1 is 1.35 bits per heavy atom. The highest BCUT2D eigenvalue weighted by Crippen LogP contribution is 2.31. The van der Waals surface area contributed by atoms with E-state index in [1.165, 1.54) is 5.56 Å². The first-order valence-electron chi connectivity index (χ1n) is 7.15. The number of hydrogen-bond acceptors (Lipinski definition) is 1. The Bertz CT molecular complexity index is 540. The minimum absolute atomic E-state index is 0.0500. The number of nitrogens with zero attached hydrogens (tertiary/aromatic N) is 1. The number of urea groups is 1. The van der Waals surface area contributed by atoms with Crippen LogP contribution in [0.2, 0.25) is 0 Å². The molecule has 2 amide bonds. The topological polar surface area (TPSA) is 32.3 Å². The van der Waals surface area contributed by atoms with E-state index in [4.69, 9.17) is 0 Å². The molecule has 20 heavy (non-hydrogen) atoms. The van der Waals surface area contributed by atoms with Crippen LogP contribution in [0.1, 0.15) is 40.2 Å². The molecule has 1 aliphatic heterocycles. The van der Waals surface area contributed by atoms with E-state index in [2.05, 4.69) is 39.1 Å². The van der Waals surface area contributed by atoms with Crippen molar-refractivity contribution in [1.82, 2.24) is 5.32 Å². The van der Waals surface area contributed by atoms with E-state index in [1.807, 2.05) is 36.2 Å². The lowest BCUT2D eigenvalue weighted by Gasteiger charge is -2.24. The third-order valence-corrected chi connectivity index (χ3v) is 4.02. The van der Waals surface area contributed by atoms with Gasteiger partial charge in [-0.2, -0.15) is 0 Å². The highest BCUT2D eigenvalue weighted by molar-refractivity contribution is 5.95. The van der Waals surface area contributed by atoms with E-state index in [-0.39, 0.29) is 17.5 Å². The predicted molar refractivity (Wildman–Crippen MR) is 83.8 cm³/mol. The molecule has 0 aromatic heterocycles. The van der Waals surface area contributed by atoms with E-state index in [0.717, 1.165) is 17.7 Å². The van der Waals surface area contributed by atoms with Gasteiger partial charge in [-0.1, -0.05) is 44.5 Å². The number of hydrogen-bond donors (Lipinski definition) is 1. The minimum atomic E-state index is -0.0500. The molecule has 0 radical (unpaired) electrons. The van der Waals surface area contributed by atoms with Crippen LogP contribution in [0.25, 0.3) is 0 Å². The summed E-state index contributed by atoms with van der Waals surface area (Å²) in [5, 5.41) is 2.93. The fraction of sp³-hybridized carbons (Fsp3) is 0.471. The van der Waals surface area contributed by atoms with Crippen LogP contribution in [-0.4, -0.2) is 12.1 Å². The summed E-state index contributed by atoms with van der Waals surface area (Å²) in [5.41, 5.74) is 3.50. The van der Waals surface area contributed by atoms with Crippen molar-refractivity contribution in [3.63, 3.8) is 0 Å². The fourth-order valence-corrected chi connectivity index (χ4v) is 2.33. The number of fused-ring (bicyclic) bond motifs is 1. The molecular weight excluding hydrogens is 248 g/mol. The van der Waals surface area contributed by atoms with Crippen LogP contribution in [0.3, 0.4) is 0 Å². The zero-order chi connectivity index (χ0) is 14.9. The van der Waals surface area contributed by atoms with E-state index in [0.29, 0.717) is 0 Å². The molecule has 1 N–H and O–H groups in total. The molecule has 1 aliphatic rings. The Kier molecular flexibility index (Phi) is 3.89. The maximum absolute atomic E-state index is 12.4. The molecular formula is C17H24N2O. The molecule has 0 aliphatic carbocycles. The summed E-state index contributed by atoms with van der Waals surface area (Å²) in [7, 11) is 0. The standard InChI is InChI=1S/C17H24N2O/c1-12(17(3,4)5)11-18-16(20)19-13(2)10-14-8-6-7-9-15(14)19/h6-9,11,13H,10H2,1-5H3,(H,18,20)/b12-11+. The molecule has 3 nitrogen and oxygen atoms in total. The number of allylic oxidation sites excluding steroid dienone is 1. The molecule has 0 fully saturated rings. The van der Waals surface area contributed by atoms with Gasteiger partial charge < -0.3 is 5.32 Å². The summed E-state index contributed by atoms with van der Waals surface area (Å²) in [5.74, 6) is 0. The lowest BCUT2D eigenvalue weighted by molar-refractivity contribution is 0.248. The summed E-state index contributed by atoms with van der Waals surface area (Å²) in [4.78, 5) is 14.3. The SMILES string of the molecule is C/C(=C\NC(=O)N1c2ccccc2CC1C)C(C)(C)C. The second-order valence-corrected chi connectivity index (χ2v) is 6.58. The Morgan fingerprint density at radius 2 is 2.00 bits per heavy atom. The molecule has 1 heterocycles. The molecule has 0 bridgehead atoms. The molecule has 1 unspecified atom stereocenters. The van der Waals surface area contributed by atoms with Crippen LogP contribution in [-0.2, 0) is 6.42 Å². The van der Waals surface area contributed by atoms with Gasteiger partial charge in [-0.05, 0) is 37.3 Å². The summed E-state index contributed by atoms with van der Waals surface area (Å²) < 4.78 is 0. The normalized spacial score (nSPS) is 18.9. The van der Waals surface area contributed by atoms with Gasteiger partial charge in [0, 0.05) is 17.9 Å². The molecule has 1 aromatic carbocycles. The van der Waals surface area contributed by atoms with Gasteiger partial charge in [-0.25, -0.2) is 4.79 Å². The quantitative estimate of drug-likeness (QED) is 0.820. The smallest absolute Gasteiger partial charge is 0.314 e. The largest absolute Gasteiger partial charge is 0.326 e. The first-order valence-corrected chi connectivity index (χ1v) is 7.15. The average molecular weight is 272 g/mol. The van der Waals surface area contributed by atoms with Gasteiger partial charge in [0.1, 0.15) is 0 Å². The van der Waals surface area contributed by atoms with Gasteiger partial charge in [0.05, 0.1) is 0 Å². The van der Waals surface area contributed by atoms with Crippen LogP contribution >= 0.6 is 0 Å². The molecule has 0 saturated carbocycles. The molecule has 1 aromatic rings. The molecule has 108 valence electrons. The van der Waals surface area contributed by atoms with Gasteiger partial charge in [-0.15, -0.1) is 0 Å².